The van der Waals surface area contributed by atoms with Crippen LogP contribution in [0.3, 0.4) is 0 Å². The van der Waals surface area contributed by atoms with Crippen molar-refractivity contribution in [2.24, 2.45) is 0 Å². The fraction of sp³-hybridized carbons (Fsp3) is 0.375. The number of rotatable bonds is 5. The maximum atomic E-state index is 13.3. The number of hydrogen-bond donors (Lipinski definition) is 2. The fourth-order valence-corrected chi connectivity index (χ4v) is 3.98. The van der Waals surface area contributed by atoms with Crippen LogP contribution in [0.25, 0.3) is 0 Å². The molecular weight excluding hydrogens is 337 g/mol. The highest BCUT2D eigenvalue weighted by atomic mass is 35.5. The molecule has 126 valence electrons. The van der Waals surface area contributed by atoms with Crippen molar-refractivity contribution < 1.29 is 13.9 Å². The van der Waals surface area contributed by atoms with E-state index in [9.17, 15) is 14.0 Å². The normalized spacial score (nSPS) is 27.1. The first-order valence-corrected chi connectivity index (χ1v) is 7.95. The molecule has 0 spiro atoms. The molecule has 3 saturated carbocycles. The van der Waals surface area contributed by atoms with Gasteiger partial charge in [-0.15, -0.1) is 0 Å². The summed E-state index contributed by atoms with van der Waals surface area (Å²) in [5.74, 6) is -0.604. The van der Waals surface area contributed by atoms with E-state index in [0.29, 0.717) is 0 Å². The number of nitrogens with zero attached hydrogens (tertiary/aromatic N) is 1. The number of aromatic amines is 1. The summed E-state index contributed by atoms with van der Waals surface area (Å²) < 4.78 is 20.3. The van der Waals surface area contributed by atoms with Gasteiger partial charge in [-0.25, -0.2) is 9.18 Å². The third-order valence-electron chi connectivity index (χ3n) is 4.83. The van der Waals surface area contributed by atoms with Gasteiger partial charge in [-0.1, -0.05) is 11.6 Å². The van der Waals surface area contributed by atoms with Crippen LogP contribution in [0.4, 0.5) is 4.39 Å². The molecule has 1 heterocycles. The topological polar surface area (TPSA) is 76.1 Å². The van der Waals surface area contributed by atoms with Gasteiger partial charge in [0.25, 0.3) is 5.91 Å². The summed E-state index contributed by atoms with van der Waals surface area (Å²) in [5.41, 5.74) is -0.532. The first kappa shape index (κ1) is 15.3. The van der Waals surface area contributed by atoms with Crippen molar-refractivity contribution in [3.63, 3.8) is 0 Å². The quantitative estimate of drug-likeness (QED) is 0.862. The zero-order valence-corrected chi connectivity index (χ0v) is 13.4. The molecule has 1 aromatic heterocycles. The predicted molar refractivity (Wildman–Crippen MR) is 84.7 cm³/mol. The molecule has 3 fully saturated rings. The summed E-state index contributed by atoms with van der Waals surface area (Å²) >= 11 is 5.59. The first-order chi connectivity index (χ1) is 11.4. The second kappa shape index (κ2) is 5.11. The van der Waals surface area contributed by atoms with E-state index < -0.39 is 5.82 Å². The molecule has 5 rings (SSSR count). The summed E-state index contributed by atoms with van der Waals surface area (Å²) in [5, 5.41) is 2.96. The number of hydrogen-bond acceptors (Lipinski definition) is 3. The lowest BCUT2D eigenvalue weighted by Crippen LogP contribution is -2.79. The molecule has 2 bridgehead atoms. The van der Waals surface area contributed by atoms with Crippen molar-refractivity contribution >= 4 is 17.5 Å². The van der Waals surface area contributed by atoms with E-state index in [2.05, 4.69) is 10.3 Å². The summed E-state index contributed by atoms with van der Waals surface area (Å²) in [6.07, 6.45) is 5.57. The maximum Gasteiger partial charge on any atom is 0.325 e. The zero-order chi connectivity index (χ0) is 16.9. The second-order valence-electron chi connectivity index (χ2n) is 6.58. The van der Waals surface area contributed by atoms with E-state index in [1.54, 1.807) is 17.0 Å². The molecule has 3 aliphatic rings. The Kier molecular flexibility index (Phi) is 3.25. The molecule has 24 heavy (non-hydrogen) atoms. The van der Waals surface area contributed by atoms with E-state index in [0.717, 1.165) is 25.3 Å². The average Bonchev–Trinajstić information content (AvgIpc) is 2.89. The summed E-state index contributed by atoms with van der Waals surface area (Å²) in [6.45, 7) is -0.195. The molecule has 3 aliphatic carbocycles. The van der Waals surface area contributed by atoms with E-state index in [-0.39, 0.29) is 40.1 Å². The molecule has 8 heteroatoms. The van der Waals surface area contributed by atoms with Gasteiger partial charge in [0.1, 0.15) is 11.6 Å². The van der Waals surface area contributed by atoms with Crippen molar-refractivity contribution in [1.29, 1.82) is 0 Å². The number of benzene rings is 1. The highest BCUT2D eigenvalue weighted by Gasteiger charge is 2.70. The van der Waals surface area contributed by atoms with Gasteiger partial charge in [-0.05, 0) is 31.4 Å². The van der Waals surface area contributed by atoms with Crippen LogP contribution >= 0.6 is 11.6 Å². The Bertz CT molecular complexity index is 856. The molecule has 6 nitrogen and oxygen atoms in total. The molecule has 0 atom stereocenters. The molecule has 0 saturated heterocycles. The molecule has 1 aromatic carbocycles. The molecule has 0 unspecified atom stereocenters. The Balaban J connectivity index is 1.30. The number of imidazole rings is 1. The van der Waals surface area contributed by atoms with Crippen LogP contribution in [-0.2, 0) is 10.3 Å². The van der Waals surface area contributed by atoms with Crippen LogP contribution in [0.15, 0.2) is 35.4 Å². The minimum absolute atomic E-state index is 0.00552. The van der Waals surface area contributed by atoms with Crippen molar-refractivity contribution in [3.8, 4) is 5.75 Å². The highest BCUT2D eigenvalue weighted by Crippen LogP contribution is 2.64. The van der Waals surface area contributed by atoms with Crippen LogP contribution in [0, 0.1) is 5.82 Å². The van der Waals surface area contributed by atoms with Crippen LogP contribution in [0.5, 0.6) is 5.75 Å². The van der Waals surface area contributed by atoms with Gasteiger partial charge in [0, 0.05) is 24.0 Å². The number of carbonyl (C=O) groups is 1. The Morgan fingerprint density at radius 2 is 2.17 bits per heavy atom. The van der Waals surface area contributed by atoms with E-state index in [4.69, 9.17) is 16.3 Å². The number of aromatic nitrogens is 2. The lowest BCUT2D eigenvalue weighted by Gasteiger charge is -2.70. The molecule has 2 N–H and O–H groups in total. The Morgan fingerprint density at radius 3 is 2.79 bits per heavy atom. The van der Waals surface area contributed by atoms with Gasteiger partial charge in [0.15, 0.2) is 6.61 Å². The van der Waals surface area contributed by atoms with Crippen LogP contribution < -0.4 is 15.7 Å². The van der Waals surface area contributed by atoms with E-state index >= 15 is 0 Å². The number of amides is 1. The van der Waals surface area contributed by atoms with E-state index in [1.165, 1.54) is 12.1 Å². The van der Waals surface area contributed by atoms with Crippen LogP contribution in [0.1, 0.15) is 19.3 Å². The largest absolute Gasteiger partial charge is 0.484 e. The van der Waals surface area contributed by atoms with E-state index in [1.807, 2.05) is 0 Å². The fourth-order valence-electron chi connectivity index (χ4n) is 3.86. The van der Waals surface area contributed by atoms with Crippen LogP contribution in [-0.4, -0.2) is 27.6 Å². The Hall–Kier alpha value is -2.28. The smallest absolute Gasteiger partial charge is 0.325 e. The number of nitrogens with one attached hydrogen (secondary N) is 2. The highest BCUT2D eigenvalue weighted by molar-refractivity contribution is 6.30. The molecular formula is C16H15ClFN3O3. The molecule has 0 radical (unpaired) electrons. The monoisotopic (exact) mass is 351 g/mol. The third kappa shape index (κ3) is 2.31. The average molecular weight is 352 g/mol. The minimum atomic E-state index is -0.590. The maximum absolute atomic E-state index is 13.3. The summed E-state index contributed by atoms with van der Waals surface area (Å²) in [7, 11) is 0. The van der Waals surface area contributed by atoms with Gasteiger partial charge >= 0.3 is 5.69 Å². The van der Waals surface area contributed by atoms with Gasteiger partial charge in [0.05, 0.1) is 10.6 Å². The van der Waals surface area contributed by atoms with Crippen LogP contribution in [0.2, 0.25) is 5.02 Å². The van der Waals surface area contributed by atoms with Gasteiger partial charge < -0.3 is 15.0 Å². The van der Waals surface area contributed by atoms with Crippen molar-refractivity contribution in [1.82, 2.24) is 14.9 Å². The van der Waals surface area contributed by atoms with Crippen molar-refractivity contribution in [2.45, 2.75) is 30.3 Å². The Labute approximate surface area is 141 Å². The molecule has 2 aromatic rings. The number of carbonyl (C=O) groups excluding carboxylic acids is 1. The lowest BCUT2D eigenvalue weighted by molar-refractivity contribution is -0.157. The number of H-pyrrole nitrogens is 1. The number of ether oxygens (including phenoxy) is 1. The number of halogens is 2. The second-order valence-corrected chi connectivity index (χ2v) is 6.99. The SMILES string of the molecule is O=C(COc1ccc(Cl)c(F)c1)NC12CC(n3cc[nH]c3=O)(C1)C2. The van der Waals surface area contributed by atoms with Gasteiger partial charge in [0.2, 0.25) is 0 Å². The first-order valence-electron chi connectivity index (χ1n) is 7.57. The third-order valence-corrected chi connectivity index (χ3v) is 5.13. The summed E-state index contributed by atoms with van der Waals surface area (Å²) in [6, 6.07) is 4.03. The minimum Gasteiger partial charge on any atom is -0.484 e. The zero-order valence-electron chi connectivity index (χ0n) is 12.6. The van der Waals surface area contributed by atoms with Gasteiger partial charge in [-0.2, -0.15) is 0 Å². The standard InChI is InChI=1S/C16H15ClFN3O3/c17-11-2-1-10(5-12(11)18)24-6-13(22)20-15-7-16(8-15,9-15)21-4-3-19-14(21)23/h1-5H,6-9H2,(H,19,23)(H,20,22). The lowest BCUT2D eigenvalue weighted by atomic mass is 9.44. The molecule has 1 amide bonds. The summed E-state index contributed by atoms with van der Waals surface area (Å²) in [4.78, 5) is 26.3. The molecule has 0 aliphatic heterocycles. The van der Waals surface area contributed by atoms with Gasteiger partial charge in [-0.3, -0.25) is 9.36 Å². The van der Waals surface area contributed by atoms with Crippen molar-refractivity contribution in [2.75, 3.05) is 6.61 Å². The van der Waals surface area contributed by atoms with Crippen molar-refractivity contribution in [3.05, 3.63) is 51.9 Å². The Morgan fingerprint density at radius 1 is 1.42 bits per heavy atom. The predicted octanol–water partition coefficient (Wildman–Crippen LogP) is 1.80.